The van der Waals surface area contributed by atoms with E-state index in [0.717, 1.165) is 37.9 Å². The molecule has 0 aliphatic heterocycles. The first-order valence-electron chi connectivity index (χ1n) is 7.88. The van der Waals surface area contributed by atoms with Gasteiger partial charge in [-0.25, -0.2) is 0 Å². The average molecular weight is 290 g/mol. The van der Waals surface area contributed by atoms with Gasteiger partial charge in [-0.2, -0.15) is 0 Å². The van der Waals surface area contributed by atoms with Crippen molar-refractivity contribution >= 4 is 5.91 Å². The molecule has 4 nitrogen and oxygen atoms in total. The highest BCUT2D eigenvalue weighted by Crippen LogP contribution is 2.31. The number of hydrogen-bond acceptors (Lipinski definition) is 3. The van der Waals surface area contributed by atoms with Crippen molar-refractivity contribution in [3.8, 4) is 0 Å². The molecule has 1 fully saturated rings. The molecule has 1 unspecified atom stereocenters. The molecule has 2 rings (SSSR count). The third-order valence-electron chi connectivity index (χ3n) is 4.42. The van der Waals surface area contributed by atoms with Gasteiger partial charge in [-0.05, 0) is 37.9 Å². The van der Waals surface area contributed by atoms with Crippen molar-refractivity contribution in [2.45, 2.75) is 44.8 Å². The molecule has 1 aliphatic carbocycles. The van der Waals surface area contributed by atoms with Crippen LogP contribution in [0.1, 0.15) is 44.7 Å². The maximum absolute atomic E-state index is 12.6. The predicted molar refractivity (Wildman–Crippen MR) is 83.9 cm³/mol. The normalized spacial score (nSPS) is 18.1. The van der Waals surface area contributed by atoms with Crippen molar-refractivity contribution in [2.24, 2.45) is 0 Å². The van der Waals surface area contributed by atoms with E-state index in [9.17, 15) is 9.90 Å². The molecule has 0 heterocycles. The van der Waals surface area contributed by atoms with Crippen LogP contribution in [0.5, 0.6) is 0 Å². The number of likely N-dealkylation sites (N-methyl/N-ethyl adjacent to an activating group) is 1. The molecule has 0 radical (unpaired) electrons. The Morgan fingerprint density at radius 1 is 1.29 bits per heavy atom. The molecule has 1 saturated carbocycles. The topological polar surface area (TPSA) is 52.6 Å². The molecule has 21 heavy (non-hydrogen) atoms. The van der Waals surface area contributed by atoms with E-state index in [0.29, 0.717) is 6.54 Å². The van der Waals surface area contributed by atoms with E-state index in [1.54, 1.807) is 0 Å². The molecule has 2 N–H and O–H groups in total. The minimum atomic E-state index is -0.680. The van der Waals surface area contributed by atoms with Gasteiger partial charge in [0.2, 0.25) is 5.91 Å². The van der Waals surface area contributed by atoms with E-state index in [1.165, 1.54) is 0 Å². The van der Waals surface area contributed by atoms with Gasteiger partial charge in [0.05, 0.1) is 5.60 Å². The Hall–Kier alpha value is -1.39. The second kappa shape index (κ2) is 7.05. The number of nitrogens with one attached hydrogen (secondary N) is 1. The Balaban J connectivity index is 2.09. The molecule has 1 aliphatic rings. The fourth-order valence-electron chi connectivity index (χ4n) is 2.86. The molecule has 116 valence electrons. The van der Waals surface area contributed by atoms with Crippen molar-refractivity contribution in [2.75, 3.05) is 19.6 Å². The maximum Gasteiger partial charge on any atom is 0.242 e. The molecule has 1 amide bonds. The van der Waals surface area contributed by atoms with Gasteiger partial charge in [-0.15, -0.1) is 0 Å². The van der Waals surface area contributed by atoms with E-state index in [4.69, 9.17) is 0 Å². The van der Waals surface area contributed by atoms with Gasteiger partial charge in [0.1, 0.15) is 6.04 Å². The fourth-order valence-corrected chi connectivity index (χ4v) is 2.86. The second-order valence-electron chi connectivity index (χ2n) is 5.83. The van der Waals surface area contributed by atoms with Crippen molar-refractivity contribution in [1.82, 2.24) is 10.2 Å². The Labute approximate surface area is 127 Å². The summed E-state index contributed by atoms with van der Waals surface area (Å²) in [5.74, 6) is -0.0229. The zero-order chi connectivity index (χ0) is 15.3. The van der Waals surface area contributed by atoms with Crippen LogP contribution in [0.3, 0.4) is 0 Å². The smallest absolute Gasteiger partial charge is 0.242 e. The van der Waals surface area contributed by atoms with Crippen LogP contribution in [0, 0.1) is 0 Å². The van der Waals surface area contributed by atoms with Crippen molar-refractivity contribution in [3.05, 3.63) is 35.9 Å². The molecule has 0 spiro atoms. The standard InChI is InChI=1S/C17H26N2O2/c1-3-19(4-2)15(14-9-6-5-7-10-14)16(20)18-13-17(21)11-8-12-17/h5-7,9-10,15,21H,3-4,8,11-13H2,1-2H3,(H,18,20). The van der Waals surface area contributed by atoms with Gasteiger partial charge in [-0.3, -0.25) is 9.69 Å². The number of nitrogens with zero attached hydrogens (tertiary/aromatic N) is 1. The SMILES string of the molecule is CCN(CC)C(C(=O)NCC1(O)CCC1)c1ccccc1. The molecule has 1 atom stereocenters. The van der Waals surface area contributed by atoms with Crippen LogP contribution < -0.4 is 5.32 Å². The van der Waals surface area contributed by atoms with Gasteiger partial charge >= 0.3 is 0 Å². The van der Waals surface area contributed by atoms with Crippen molar-refractivity contribution in [3.63, 3.8) is 0 Å². The molecule has 4 heteroatoms. The van der Waals surface area contributed by atoms with Crippen LogP contribution in [0.2, 0.25) is 0 Å². The lowest BCUT2D eigenvalue weighted by Gasteiger charge is -2.37. The van der Waals surface area contributed by atoms with E-state index in [1.807, 2.05) is 30.3 Å². The maximum atomic E-state index is 12.6. The number of benzene rings is 1. The summed E-state index contributed by atoms with van der Waals surface area (Å²) >= 11 is 0. The predicted octanol–water partition coefficient (Wildman–Crippen LogP) is 2.10. The van der Waals surface area contributed by atoms with Gasteiger partial charge in [0.15, 0.2) is 0 Å². The third kappa shape index (κ3) is 3.83. The van der Waals surface area contributed by atoms with Crippen molar-refractivity contribution in [1.29, 1.82) is 0 Å². The average Bonchev–Trinajstić information content (AvgIpc) is 2.49. The number of carbonyl (C=O) groups is 1. The van der Waals surface area contributed by atoms with Crippen LogP contribution >= 0.6 is 0 Å². The molecule has 1 aromatic rings. The summed E-state index contributed by atoms with van der Waals surface area (Å²) in [5, 5.41) is 13.1. The monoisotopic (exact) mass is 290 g/mol. The zero-order valence-corrected chi connectivity index (χ0v) is 13.0. The first-order valence-corrected chi connectivity index (χ1v) is 7.88. The van der Waals surface area contributed by atoms with Crippen LogP contribution in [-0.2, 0) is 4.79 Å². The first-order chi connectivity index (χ1) is 10.1. The Kier molecular flexibility index (Phi) is 5.37. The minimum absolute atomic E-state index is 0.0229. The van der Waals surface area contributed by atoms with Crippen LogP contribution in [-0.4, -0.2) is 41.1 Å². The Bertz CT molecular complexity index is 453. The summed E-state index contributed by atoms with van der Waals surface area (Å²) in [6, 6.07) is 9.56. The fraction of sp³-hybridized carbons (Fsp3) is 0.588. The van der Waals surface area contributed by atoms with E-state index in [2.05, 4.69) is 24.1 Å². The summed E-state index contributed by atoms with van der Waals surface area (Å²) < 4.78 is 0. The molecule has 0 aromatic heterocycles. The van der Waals surface area contributed by atoms with E-state index >= 15 is 0 Å². The minimum Gasteiger partial charge on any atom is -0.388 e. The largest absolute Gasteiger partial charge is 0.388 e. The quantitative estimate of drug-likeness (QED) is 0.808. The Morgan fingerprint density at radius 3 is 2.38 bits per heavy atom. The lowest BCUT2D eigenvalue weighted by molar-refractivity contribution is -0.129. The molecule has 0 saturated heterocycles. The number of hydrogen-bond donors (Lipinski definition) is 2. The number of rotatable bonds is 7. The molecular weight excluding hydrogens is 264 g/mol. The highest BCUT2D eigenvalue weighted by molar-refractivity contribution is 5.83. The van der Waals surface area contributed by atoms with Crippen molar-refractivity contribution < 1.29 is 9.90 Å². The number of amides is 1. The van der Waals surface area contributed by atoms with E-state index in [-0.39, 0.29) is 11.9 Å². The summed E-state index contributed by atoms with van der Waals surface area (Å²) in [4.78, 5) is 14.8. The molecule has 0 bridgehead atoms. The number of carbonyl (C=O) groups excluding carboxylic acids is 1. The lowest BCUT2D eigenvalue weighted by atomic mass is 9.80. The highest BCUT2D eigenvalue weighted by atomic mass is 16.3. The molecule has 1 aromatic carbocycles. The van der Waals surface area contributed by atoms with Gasteiger partial charge in [0, 0.05) is 6.54 Å². The summed E-state index contributed by atoms with van der Waals surface area (Å²) in [6.45, 7) is 6.11. The van der Waals surface area contributed by atoms with Gasteiger partial charge in [0.25, 0.3) is 0 Å². The summed E-state index contributed by atoms with van der Waals surface area (Å²) in [7, 11) is 0. The Morgan fingerprint density at radius 2 is 1.90 bits per heavy atom. The zero-order valence-electron chi connectivity index (χ0n) is 13.0. The van der Waals surface area contributed by atoms with Gasteiger partial charge in [-0.1, -0.05) is 44.2 Å². The molecular formula is C17H26N2O2. The summed E-state index contributed by atoms with van der Waals surface area (Å²) in [5.41, 5.74) is 0.319. The van der Waals surface area contributed by atoms with Crippen LogP contribution in [0.4, 0.5) is 0 Å². The summed E-state index contributed by atoms with van der Waals surface area (Å²) in [6.07, 6.45) is 2.62. The van der Waals surface area contributed by atoms with Crippen LogP contribution in [0.25, 0.3) is 0 Å². The van der Waals surface area contributed by atoms with E-state index < -0.39 is 5.60 Å². The third-order valence-corrected chi connectivity index (χ3v) is 4.42. The lowest BCUT2D eigenvalue weighted by Crippen LogP contribution is -2.50. The number of aliphatic hydroxyl groups is 1. The van der Waals surface area contributed by atoms with Gasteiger partial charge < -0.3 is 10.4 Å². The first kappa shape index (κ1) is 16.0. The second-order valence-corrected chi connectivity index (χ2v) is 5.83. The van der Waals surface area contributed by atoms with Crippen LogP contribution in [0.15, 0.2) is 30.3 Å². The highest BCUT2D eigenvalue weighted by Gasteiger charge is 2.35.